The van der Waals surface area contributed by atoms with Gasteiger partial charge in [-0.1, -0.05) is 33.1 Å². The molecule has 0 aliphatic heterocycles. The summed E-state index contributed by atoms with van der Waals surface area (Å²) in [6, 6.07) is 0. The molecule has 0 aromatic heterocycles. The first-order valence-electron chi connectivity index (χ1n) is 8.17. The van der Waals surface area contributed by atoms with Gasteiger partial charge in [0.2, 0.25) is 0 Å². The van der Waals surface area contributed by atoms with Gasteiger partial charge in [-0.25, -0.2) is 0 Å². The maximum absolute atomic E-state index is 12.1. The van der Waals surface area contributed by atoms with Crippen LogP contribution in [0.3, 0.4) is 0 Å². The Balaban J connectivity index is 1.80. The number of carbonyl (C=O) groups is 1. The molecule has 1 unspecified atom stereocenters. The van der Waals surface area contributed by atoms with E-state index in [-0.39, 0.29) is 5.92 Å². The lowest BCUT2D eigenvalue weighted by molar-refractivity contribution is -0.127. The molecule has 110 valence electrons. The smallest absolute Gasteiger partial charge is 0.137 e. The molecule has 0 aromatic carbocycles. The van der Waals surface area contributed by atoms with Gasteiger partial charge in [-0.2, -0.15) is 0 Å². The summed E-state index contributed by atoms with van der Waals surface area (Å²) >= 11 is 0. The van der Waals surface area contributed by atoms with Gasteiger partial charge >= 0.3 is 0 Å². The van der Waals surface area contributed by atoms with Gasteiger partial charge in [-0.3, -0.25) is 4.79 Å². The number of carbonyl (C=O) groups excluding carboxylic acids is 1. The molecular formula is C17H31NO. The molecule has 2 saturated carbocycles. The molecule has 1 atom stereocenters. The highest BCUT2D eigenvalue weighted by Gasteiger charge is 2.34. The van der Waals surface area contributed by atoms with E-state index in [1.165, 1.54) is 38.6 Å². The molecule has 0 amide bonds. The average molecular weight is 265 g/mol. The third-order valence-corrected chi connectivity index (χ3v) is 5.13. The quantitative estimate of drug-likeness (QED) is 0.768. The predicted octanol–water partition coefficient (Wildman–Crippen LogP) is 3.89. The zero-order valence-corrected chi connectivity index (χ0v) is 13.1. The van der Waals surface area contributed by atoms with Crippen molar-refractivity contribution >= 4 is 5.78 Å². The number of hydrogen-bond acceptors (Lipinski definition) is 2. The fourth-order valence-electron chi connectivity index (χ4n) is 3.98. The molecule has 2 aliphatic rings. The lowest BCUT2D eigenvalue weighted by atomic mass is 9.71. The minimum absolute atomic E-state index is 0.289. The molecule has 0 bridgehead atoms. The number of hydrogen-bond donors (Lipinski definition) is 0. The summed E-state index contributed by atoms with van der Waals surface area (Å²) in [7, 11) is 2.21. The van der Waals surface area contributed by atoms with Gasteiger partial charge in [0.15, 0.2) is 0 Å². The van der Waals surface area contributed by atoms with Crippen LogP contribution in [0.5, 0.6) is 0 Å². The van der Waals surface area contributed by atoms with Gasteiger partial charge in [0.05, 0.1) is 0 Å². The zero-order chi connectivity index (χ0) is 13.9. The van der Waals surface area contributed by atoms with Crippen molar-refractivity contribution in [2.45, 2.75) is 65.2 Å². The Morgan fingerprint density at radius 3 is 2.53 bits per heavy atom. The molecule has 2 heteroatoms. The SMILES string of the molecule is CN(CC1CCCCC1)CC1CC(C)(C)CCC1=O. The Morgan fingerprint density at radius 2 is 1.84 bits per heavy atom. The standard InChI is InChI=1S/C17H31NO/c1-17(2)10-9-16(19)15(11-17)13-18(3)12-14-7-5-4-6-8-14/h14-15H,4-13H2,1-3H3. The Bertz CT molecular complexity index is 304. The van der Waals surface area contributed by atoms with Crippen LogP contribution in [0.4, 0.5) is 0 Å². The van der Waals surface area contributed by atoms with Crippen molar-refractivity contribution in [3.8, 4) is 0 Å². The summed E-state index contributed by atoms with van der Waals surface area (Å²) in [6.45, 7) is 6.81. The summed E-state index contributed by atoms with van der Waals surface area (Å²) in [5.41, 5.74) is 0.365. The van der Waals surface area contributed by atoms with Gasteiger partial charge in [0, 0.05) is 25.4 Å². The highest BCUT2D eigenvalue weighted by atomic mass is 16.1. The van der Waals surface area contributed by atoms with Crippen molar-refractivity contribution in [1.29, 1.82) is 0 Å². The highest BCUT2D eigenvalue weighted by Crippen LogP contribution is 2.37. The molecule has 0 heterocycles. The second-order valence-corrected chi connectivity index (χ2v) is 7.76. The first-order chi connectivity index (χ1) is 8.96. The van der Waals surface area contributed by atoms with Gasteiger partial charge in [0.1, 0.15) is 5.78 Å². The van der Waals surface area contributed by atoms with Crippen LogP contribution in [-0.2, 0) is 4.79 Å². The van der Waals surface area contributed by atoms with Crippen LogP contribution in [0, 0.1) is 17.3 Å². The first kappa shape index (κ1) is 15.0. The van der Waals surface area contributed by atoms with E-state index >= 15 is 0 Å². The summed E-state index contributed by atoms with van der Waals surface area (Å²) in [5, 5.41) is 0. The summed E-state index contributed by atoms with van der Waals surface area (Å²) < 4.78 is 0. The van der Waals surface area contributed by atoms with Crippen molar-refractivity contribution in [2.24, 2.45) is 17.3 Å². The van der Waals surface area contributed by atoms with Crippen LogP contribution in [0.25, 0.3) is 0 Å². The van der Waals surface area contributed by atoms with Crippen LogP contribution >= 0.6 is 0 Å². The summed E-state index contributed by atoms with van der Waals surface area (Å²) in [5.74, 6) is 1.68. The Hall–Kier alpha value is -0.370. The van der Waals surface area contributed by atoms with E-state index in [1.807, 2.05) is 0 Å². The van der Waals surface area contributed by atoms with Crippen LogP contribution in [0.1, 0.15) is 65.2 Å². The monoisotopic (exact) mass is 265 g/mol. The molecule has 2 aliphatic carbocycles. The van der Waals surface area contributed by atoms with E-state index in [1.54, 1.807) is 0 Å². The fourth-order valence-corrected chi connectivity index (χ4v) is 3.98. The lowest BCUT2D eigenvalue weighted by Gasteiger charge is -2.36. The number of nitrogens with zero attached hydrogens (tertiary/aromatic N) is 1. The van der Waals surface area contributed by atoms with E-state index in [0.717, 1.165) is 31.7 Å². The van der Waals surface area contributed by atoms with Crippen molar-refractivity contribution in [3.05, 3.63) is 0 Å². The molecular weight excluding hydrogens is 234 g/mol. The Morgan fingerprint density at radius 1 is 1.16 bits per heavy atom. The highest BCUT2D eigenvalue weighted by molar-refractivity contribution is 5.82. The molecule has 2 rings (SSSR count). The van der Waals surface area contributed by atoms with Crippen molar-refractivity contribution in [3.63, 3.8) is 0 Å². The topological polar surface area (TPSA) is 20.3 Å². The number of Topliss-reactive ketones (excluding diaryl/α,β-unsaturated/α-hetero) is 1. The fraction of sp³-hybridized carbons (Fsp3) is 0.941. The normalized spacial score (nSPS) is 28.8. The molecule has 0 N–H and O–H groups in total. The minimum atomic E-state index is 0.289. The number of rotatable bonds is 4. The van der Waals surface area contributed by atoms with E-state index in [0.29, 0.717) is 11.2 Å². The molecule has 2 nitrogen and oxygen atoms in total. The van der Waals surface area contributed by atoms with Crippen LogP contribution in [-0.4, -0.2) is 30.8 Å². The zero-order valence-electron chi connectivity index (χ0n) is 13.1. The lowest BCUT2D eigenvalue weighted by Crippen LogP contribution is -2.39. The van der Waals surface area contributed by atoms with Gasteiger partial charge in [-0.15, -0.1) is 0 Å². The van der Waals surface area contributed by atoms with E-state index < -0.39 is 0 Å². The maximum Gasteiger partial charge on any atom is 0.137 e. The van der Waals surface area contributed by atoms with Gasteiger partial charge in [-0.05, 0) is 44.1 Å². The largest absolute Gasteiger partial charge is 0.305 e. The number of ketones is 1. The van der Waals surface area contributed by atoms with Crippen molar-refractivity contribution in [2.75, 3.05) is 20.1 Å². The molecule has 0 spiro atoms. The third kappa shape index (κ3) is 4.59. The van der Waals surface area contributed by atoms with E-state index in [4.69, 9.17) is 0 Å². The van der Waals surface area contributed by atoms with Crippen LogP contribution in [0.2, 0.25) is 0 Å². The molecule has 0 aromatic rings. The van der Waals surface area contributed by atoms with Crippen molar-refractivity contribution < 1.29 is 4.79 Å². The molecule has 0 saturated heterocycles. The molecule has 2 fully saturated rings. The van der Waals surface area contributed by atoms with Crippen LogP contribution < -0.4 is 0 Å². The third-order valence-electron chi connectivity index (χ3n) is 5.13. The predicted molar refractivity (Wildman–Crippen MR) is 80.2 cm³/mol. The Labute approximate surface area is 118 Å². The summed E-state index contributed by atoms with van der Waals surface area (Å²) in [6.07, 6.45) is 10.0. The van der Waals surface area contributed by atoms with E-state index in [9.17, 15) is 4.79 Å². The van der Waals surface area contributed by atoms with Gasteiger partial charge in [0.25, 0.3) is 0 Å². The van der Waals surface area contributed by atoms with Crippen LogP contribution in [0.15, 0.2) is 0 Å². The molecule has 0 radical (unpaired) electrons. The second kappa shape index (κ2) is 6.39. The summed E-state index contributed by atoms with van der Waals surface area (Å²) in [4.78, 5) is 14.5. The van der Waals surface area contributed by atoms with Crippen molar-refractivity contribution in [1.82, 2.24) is 4.90 Å². The minimum Gasteiger partial charge on any atom is -0.305 e. The van der Waals surface area contributed by atoms with E-state index in [2.05, 4.69) is 25.8 Å². The second-order valence-electron chi connectivity index (χ2n) is 7.76. The van der Waals surface area contributed by atoms with Gasteiger partial charge < -0.3 is 4.90 Å². The average Bonchev–Trinajstić information content (AvgIpc) is 2.35. The first-order valence-corrected chi connectivity index (χ1v) is 8.17. The Kier molecular flexibility index (Phi) is 5.05. The maximum atomic E-state index is 12.1. The molecule has 19 heavy (non-hydrogen) atoms.